The van der Waals surface area contributed by atoms with E-state index in [0.717, 1.165) is 12.8 Å². The van der Waals surface area contributed by atoms with Crippen LogP contribution in [0.15, 0.2) is 0 Å². The molecule has 0 heterocycles. The highest BCUT2D eigenvalue weighted by Gasteiger charge is 2.42. The van der Waals surface area contributed by atoms with Gasteiger partial charge in [0.1, 0.15) is 18.0 Å². The van der Waals surface area contributed by atoms with Crippen LogP contribution in [0, 0.1) is 17.3 Å². The summed E-state index contributed by atoms with van der Waals surface area (Å²) in [4.78, 5) is 34.4. The van der Waals surface area contributed by atoms with Crippen LogP contribution in [-0.4, -0.2) is 24.6 Å². The van der Waals surface area contributed by atoms with Crippen molar-refractivity contribution in [3.8, 4) is 0 Å². The number of Topliss-reactive ketones (excluding diaryl/α,β-unsaturated/α-hetero) is 2. The summed E-state index contributed by atoms with van der Waals surface area (Å²) in [5, 5.41) is 0. The van der Waals surface area contributed by atoms with Crippen LogP contribution >= 0.6 is 0 Å². The summed E-state index contributed by atoms with van der Waals surface area (Å²) >= 11 is 0. The summed E-state index contributed by atoms with van der Waals surface area (Å²) in [6.45, 7) is 5.82. The predicted octanol–water partition coefficient (Wildman–Crippen LogP) is 2.15. The van der Waals surface area contributed by atoms with Gasteiger partial charge in [-0.1, -0.05) is 13.8 Å². The van der Waals surface area contributed by atoms with Gasteiger partial charge in [0.05, 0.1) is 7.11 Å². The molecule has 0 aliphatic heterocycles. The van der Waals surface area contributed by atoms with E-state index in [-0.39, 0.29) is 35.2 Å². The maximum absolute atomic E-state index is 11.7. The largest absolute Gasteiger partial charge is 0.469 e. The van der Waals surface area contributed by atoms with E-state index in [4.69, 9.17) is 0 Å². The molecule has 4 nitrogen and oxygen atoms in total. The van der Waals surface area contributed by atoms with E-state index in [0.29, 0.717) is 6.42 Å². The molecule has 0 aromatic rings. The molecule has 0 unspecified atom stereocenters. The number of hydrogen-bond donors (Lipinski definition) is 0. The zero-order valence-electron chi connectivity index (χ0n) is 11.6. The Labute approximate surface area is 108 Å². The van der Waals surface area contributed by atoms with E-state index in [2.05, 4.69) is 18.6 Å². The topological polar surface area (TPSA) is 60.4 Å². The highest BCUT2D eigenvalue weighted by Crippen LogP contribution is 2.46. The zero-order valence-corrected chi connectivity index (χ0v) is 11.6. The fourth-order valence-corrected chi connectivity index (χ4v) is 2.99. The van der Waals surface area contributed by atoms with Crippen molar-refractivity contribution in [1.29, 1.82) is 0 Å². The van der Waals surface area contributed by atoms with Crippen LogP contribution in [0.4, 0.5) is 0 Å². The second-order valence-electron chi connectivity index (χ2n) is 6.05. The molecule has 102 valence electrons. The second kappa shape index (κ2) is 5.63. The van der Waals surface area contributed by atoms with E-state index in [1.807, 2.05) is 0 Å². The van der Waals surface area contributed by atoms with Crippen molar-refractivity contribution in [2.45, 2.75) is 46.5 Å². The van der Waals surface area contributed by atoms with Crippen molar-refractivity contribution in [2.75, 3.05) is 7.11 Å². The fraction of sp³-hybridized carbons (Fsp3) is 0.786. The normalized spacial score (nSPS) is 25.8. The number of carbonyl (C=O) groups excluding carboxylic acids is 3. The fourth-order valence-electron chi connectivity index (χ4n) is 2.99. The molecule has 2 atom stereocenters. The average Bonchev–Trinajstić information content (AvgIpc) is 2.53. The van der Waals surface area contributed by atoms with Gasteiger partial charge in [-0.15, -0.1) is 0 Å². The van der Waals surface area contributed by atoms with E-state index in [9.17, 15) is 14.4 Å². The van der Waals surface area contributed by atoms with E-state index in [1.165, 1.54) is 7.11 Å². The van der Waals surface area contributed by atoms with Gasteiger partial charge in [-0.25, -0.2) is 0 Å². The minimum atomic E-state index is -0.503. The molecular formula is C14H22O4. The summed E-state index contributed by atoms with van der Waals surface area (Å²) in [5.74, 6) is -0.444. The molecule has 1 aliphatic carbocycles. The average molecular weight is 254 g/mol. The standard InChI is InChI=1S/C14H22O4/c1-9(15)12-8-14(2,3)7-10(12)5-11(16)6-13(17)18-4/h10,12H,5-8H2,1-4H3/t10-,12+/m1/s1. The van der Waals surface area contributed by atoms with Crippen molar-refractivity contribution in [2.24, 2.45) is 17.3 Å². The van der Waals surface area contributed by atoms with Gasteiger partial charge in [0.25, 0.3) is 0 Å². The van der Waals surface area contributed by atoms with Crippen LogP contribution in [0.3, 0.4) is 0 Å². The second-order valence-corrected chi connectivity index (χ2v) is 6.05. The molecule has 0 saturated heterocycles. The molecule has 0 radical (unpaired) electrons. The first kappa shape index (κ1) is 14.9. The molecule has 1 fully saturated rings. The number of rotatable bonds is 5. The Hall–Kier alpha value is -1.19. The smallest absolute Gasteiger partial charge is 0.313 e. The molecule has 18 heavy (non-hydrogen) atoms. The van der Waals surface area contributed by atoms with Gasteiger partial charge in [0.15, 0.2) is 0 Å². The Balaban J connectivity index is 2.62. The Bertz CT molecular complexity index is 357. The Morgan fingerprint density at radius 3 is 2.33 bits per heavy atom. The summed E-state index contributed by atoms with van der Waals surface area (Å²) < 4.78 is 4.47. The number of esters is 1. The minimum absolute atomic E-state index is 0.0402. The van der Waals surface area contributed by atoms with Gasteiger partial charge >= 0.3 is 5.97 Å². The van der Waals surface area contributed by atoms with Gasteiger partial charge < -0.3 is 4.74 Å². The molecule has 4 heteroatoms. The van der Waals surface area contributed by atoms with Crippen molar-refractivity contribution >= 4 is 17.5 Å². The van der Waals surface area contributed by atoms with E-state index in [1.54, 1.807) is 6.92 Å². The van der Waals surface area contributed by atoms with Crippen molar-refractivity contribution in [3.05, 3.63) is 0 Å². The third-order valence-electron chi connectivity index (χ3n) is 3.74. The number of carbonyl (C=O) groups is 3. The molecule has 1 rings (SSSR count). The number of methoxy groups -OCH3 is 1. The van der Waals surface area contributed by atoms with Gasteiger partial charge in [-0.05, 0) is 31.1 Å². The van der Waals surface area contributed by atoms with E-state index >= 15 is 0 Å². The Kier molecular flexibility index (Phi) is 4.65. The monoisotopic (exact) mass is 254 g/mol. The molecule has 1 aliphatic rings. The highest BCUT2D eigenvalue weighted by molar-refractivity contribution is 5.95. The summed E-state index contributed by atoms with van der Waals surface area (Å²) in [6.07, 6.45) is 1.82. The Morgan fingerprint density at radius 2 is 1.83 bits per heavy atom. The highest BCUT2D eigenvalue weighted by atomic mass is 16.5. The van der Waals surface area contributed by atoms with Crippen LogP contribution in [0.1, 0.15) is 46.5 Å². The minimum Gasteiger partial charge on any atom is -0.469 e. The molecule has 0 N–H and O–H groups in total. The van der Waals surface area contributed by atoms with Crippen molar-refractivity contribution in [3.63, 3.8) is 0 Å². The van der Waals surface area contributed by atoms with Crippen molar-refractivity contribution < 1.29 is 19.1 Å². The van der Waals surface area contributed by atoms with Gasteiger partial charge in [0.2, 0.25) is 0 Å². The molecule has 0 bridgehead atoms. The van der Waals surface area contributed by atoms with Crippen LogP contribution in [-0.2, 0) is 19.1 Å². The summed E-state index contributed by atoms with van der Waals surface area (Å²) in [6, 6.07) is 0. The number of ketones is 2. The summed E-state index contributed by atoms with van der Waals surface area (Å²) in [5.41, 5.74) is 0.104. The molecular weight excluding hydrogens is 232 g/mol. The summed E-state index contributed by atoms with van der Waals surface area (Å²) in [7, 11) is 1.27. The van der Waals surface area contributed by atoms with Gasteiger partial charge in [-0.3, -0.25) is 14.4 Å². The quantitative estimate of drug-likeness (QED) is 0.557. The van der Waals surface area contributed by atoms with Crippen LogP contribution in [0.2, 0.25) is 0 Å². The first-order valence-electron chi connectivity index (χ1n) is 6.34. The lowest BCUT2D eigenvalue weighted by atomic mass is 9.88. The molecule has 0 spiro atoms. The molecule has 1 saturated carbocycles. The van der Waals surface area contributed by atoms with Crippen LogP contribution in [0.5, 0.6) is 0 Å². The first-order valence-corrected chi connectivity index (χ1v) is 6.34. The molecule has 0 amide bonds. The third kappa shape index (κ3) is 3.93. The van der Waals surface area contributed by atoms with Crippen LogP contribution in [0.25, 0.3) is 0 Å². The number of hydrogen-bond acceptors (Lipinski definition) is 4. The van der Waals surface area contributed by atoms with E-state index < -0.39 is 5.97 Å². The lowest BCUT2D eigenvalue weighted by molar-refractivity contribution is -0.143. The van der Waals surface area contributed by atoms with Crippen molar-refractivity contribution in [1.82, 2.24) is 0 Å². The van der Waals surface area contributed by atoms with Gasteiger partial charge in [0, 0.05) is 12.3 Å². The predicted molar refractivity (Wildman–Crippen MR) is 66.9 cm³/mol. The van der Waals surface area contributed by atoms with Gasteiger partial charge in [-0.2, -0.15) is 0 Å². The molecule has 0 aromatic heterocycles. The lowest BCUT2D eigenvalue weighted by Gasteiger charge is -2.16. The maximum atomic E-state index is 11.7. The Morgan fingerprint density at radius 1 is 1.22 bits per heavy atom. The zero-order chi connectivity index (χ0) is 13.9. The number of ether oxygens (including phenoxy) is 1. The first-order chi connectivity index (χ1) is 8.25. The maximum Gasteiger partial charge on any atom is 0.313 e. The molecule has 0 aromatic carbocycles. The van der Waals surface area contributed by atoms with Crippen LogP contribution < -0.4 is 0 Å². The SMILES string of the molecule is COC(=O)CC(=O)C[C@@H]1CC(C)(C)C[C@H]1C(C)=O. The third-order valence-corrected chi connectivity index (χ3v) is 3.74. The lowest BCUT2D eigenvalue weighted by Crippen LogP contribution is -2.20.